The largest absolute Gasteiger partial charge is 0.324 e. The summed E-state index contributed by atoms with van der Waals surface area (Å²) in [7, 11) is 0. The van der Waals surface area contributed by atoms with E-state index in [0.717, 1.165) is 24.8 Å². The quantitative estimate of drug-likeness (QED) is 0.770. The van der Waals surface area contributed by atoms with E-state index in [1.54, 1.807) is 30.4 Å². The Kier molecular flexibility index (Phi) is 4.32. The van der Waals surface area contributed by atoms with Gasteiger partial charge in [0.05, 0.1) is 5.39 Å². The van der Waals surface area contributed by atoms with Crippen molar-refractivity contribution in [2.75, 3.05) is 5.32 Å². The zero-order valence-electron chi connectivity index (χ0n) is 14.7. The number of aromatic nitrogens is 3. The molecule has 1 aliphatic carbocycles. The van der Waals surface area contributed by atoms with Crippen LogP contribution < -0.4 is 10.9 Å². The third kappa shape index (κ3) is 2.92. The third-order valence-corrected chi connectivity index (χ3v) is 6.07. The van der Waals surface area contributed by atoms with E-state index >= 15 is 0 Å². The predicted molar refractivity (Wildman–Crippen MR) is 103 cm³/mol. The van der Waals surface area contributed by atoms with E-state index < -0.39 is 6.04 Å². The Morgan fingerprint density at radius 1 is 1.35 bits per heavy atom. The molecule has 1 aliphatic rings. The Hall–Kier alpha value is -2.54. The molecule has 0 unspecified atom stereocenters. The van der Waals surface area contributed by atoms with Crippen LogP contribution in [0.4, 0.5) is 5.69 Å². The molecule has 2 atom stereocenters. The first-order chi connectivity index (χ1) is 12.5. The van der Waals surface area contributed by atoms with Gasteiger partial charge in [-0.05, 0) is 49.8 Å². The van der Waals surface area contributed by atoms with Crippen molar-refractivity contribution in [3.8, 4) is 0 Å². The fourth-order valence-electron chi connectivity index (χ4n) is 3.40. The summed E-state index contributed by atoms with van der Waals surface area (Å²) in [6.07, 6.45) is 2.95. The molecule has 2 aromatic heterocycles. The standard InChI is InChI=1S/C19H20N4O2S/c1-11-8-9-14-15(10-11)26-18-16(14)19(25)23(22-21-18)12(2)17(24)20-13-6-4-3-5-7-13/h3-7,11-12H,8-10H2,1-2H3,(H,20,24)/t11-,12-/m1/s1. The van der Waals surface area contributed by atoms with Gasteiger partial charge in [0.2, 0.25) is 5.91 Å². The molecule has 1 N–H and O–H groups in total. The molecule has 3 aromatic rings. The van der Waals surface area contributed by atoms with Crippen LogP contribution in [0.1, 0.15) is 36.8 Å². The third-order valence-electron chi connectivity index (χ3n) is 4.93. The minimum Gasteiger partial charge on any atom is -0.324 e. The minimum absolute atomic E-state index is 0.224. The summed E-state index contributed by atoms with van der Waals surface area (Å²) in [4.78, 5) is 27.5. The van der Waals surface area contributed by atoms with Crippen LogP contribution in [0.15, 0.2) is 35.1 Å². The van der Waals surface area contributed by atoms with Crippen molar-refractivity contribution >= 4 is 33.1 Å². The molecule has 2 heterocycles. The van der Waals surface area contributed by atoms with Crippen molar-refractivity contribution in [2.45, 2.75) is 39.2 Å². The first-order valence-electron chi connectivity index (χ1n) is 8.80. The second kappa shape index (κ2) is 6.64. The van der Waals surface area contributed by atoms with Crippen molar-refractivity contribution in [1.29, 1.82) is 0 Å². The lowest BCUT2D eigenvalue weighted by atomic mass is 9.89. The SMILES string of the molecule is C[C@@H]1CCc2c(sc3nnn([C@H](C)C(=O)Nc4ccccc4)c(=O)c23)C1. The number of anilines is 1. The second-order valence-corrected chi connectivity index (χ2v) is 7.99. The summed E-state index contributed by atoms with van der Waals surface area (Å²) in [5.74, 6) is 0.339. The summed E-state index contributed by atoms with van der Waals surface area (Å²) in [5, 5.41) is 11.7. The van der Waals surface area contributed by atoms with E-state index in [0.29, 0.717) is 21.8 Å². The van der Waals surface area contributed by atoms with Crippen LogP contribution in [0.2, 0.25) is 0 Å². The Morgan fingerprint density at radius 3 is 2.88 bits per heavy atom. The fourth-order valence-corrected chi connectivity index (χ4v) is 4.72. The Labute approximate surface area is 154 Å². The van der Waals surface area contributed by atoms with Gasteiger partial charge in [0, 0.05) is 10.6 Å². The molecule has 0 saturated carbocycles. The van der Waals surface area contributed by atoms with E-state index in [1.807, 2.05) is 18.2 Å². The maximum absolute atomic E-state index is 13.0. The number of fused-ring (bicyclic) bond motifs is 3. The molecular weight excluding hydrogens is 348 g/mol. The topological polar surface area (TPSA) is 76.9 Å². The highest BCUT2D eigenvalue weighted by Crippen LogP contribution is 2.35. The molecule has 1 amide bonds. The molecule has 0 aliphatic heterocycles. The van der Waals surface area contributed by atoms with Crippen LogP contribution in [0, 0.1) is 5.92 Å². The van der Waals surface area contributed by atoms with Crippen LogP contribution in [0.25, 0.3) is 10.2 Å². The number of para-hydroxylation sites is 1. The Bertz CT molecular complexity index is 1030. The first-order valence-corrected chi connectivity index (χ1v) is 9.62. The molecule has 0 spiro atoms. The zero-order valence-corrected chi connectivity index (χ0v) is 15.5. The average Bonchev–Trinajstić information content (AvgIpc) is 3.00. The summed E-state index contributed by atoms with van der Waals surface area (Å²) < 4.78 is 1.20. The summed E-state index contributed by atoms with van der Waals surface area (Å²) in [5.41, 5.74) is 1.57. The number of carbonyl (C=O) groups excluding carboxylic acids is 1. The number of rotatable bonds is 3. The number of hydrogen-bond acceptors (Lipinski definition) is 5. The highest BCUT2D eigenvalue weighted by Gasteiger charge is 2.26. The van der Waals surface area contributed by atoms with Crippen LogP contribution in [0.5, 0.6) is 0 Å². The zero-order chi connectivity index (χ0) is 18.3. The van der Waals surface area contributed by atoms with E-state index in [9.17, 15) is 9.59 Å². The number of hydrogen-bond donors (Lipinski definition) is 1. The summed E-state index contributed by atoms with van der Waals surface area (Å²) in [6, 6.07) is 8.44. The van der Waals surface area contributed by atoms with Crippen molar-refractivity contribution in [2.24, 2.45) is 5.92 Å². The molecule has 134 valence electrons. The Balaban J connectivity index is 1.69. The fraction of sp³-hybridized carbons (Fsp3) is 0.368. The lowest BCUT2D eigenvalue weighted by Crippen LogP contribution is -2.34. The Morgan fingerprint density at radius 2 is 2.12 bits per heavy atom. The van der Waals surface area contributed by atoms with Gasteiger partial charge in [0.25, 0.3) is 5.56 Å². The maximum Gasteiger partial charge on any atom is 0.279 e. The number of amides is 1. The van der Waals surface area contributed by atoms with Gasteiger partial charge in [-0.2, -0.15) is 4.68 Å². The minimum atomic E-state index is -0.738. The molecule has 1 aromatic carbocycles. The summed E-state index contributed by atoms with van der Waals surface area (Å²) >= 11 is 1.56. The number of nitrogens with one attached hydrogen (secondary N) is 1. The normalized spacial score (nSPS) is 17.7. The van der Waals surface area contributed by atoms with Crippen molar-refractivity contribution in [3.05, 3.63) is 51.1 Å². The maximum atomic E-state index is 13.0. The number of aryl methyl sites for hydroxylation is 1. The van der Waals surface area contributed by atoms with Crippen LogP contribution in [-0.2, 0) is 17.6 Å². The predicted octanol–water partition coefficient (Wildman–Crippen LogP) is 3.18. The molecular formula is C19H20N4O2S. The number of carbonyl (C=O) groups is 1. The van der Waals surface area contributed by atoms with Gasteiger partial charge < -0.3 is 5.32 Å². The van der Waals surface area contributed by atoms with Gasteiger partial charge in [-0.15, -0.1) is 16.4 Å². The molecule has 0 saturated heterocycles. The lowest BCUT2D eigenvalue weighted by molar-refractivity contribution is -0.119. The van der Waals surface area contributed by atoms with Crippen LogP contribution >= 0.6 is 11.3 Å². The molecule has 26 heavy (non-hydrogen) atoms. The van der Waals surface area contributed by atoms with Gasteiger partial charge >= 0.3 is 0 Å². The molecule has 0 radical (unpaired) electrons. The van der Waals surface area contributed by atoms with Crippen molar-refractivity contribution in [3.63, 3.8) is 0 Å². The van der Waals surface area contributed by atoms with E-state index in [1.165, 1.54) is 9.56 Å². The van der Waals surface area contributed by atoms with E-state index in [2.05, 4.69) is 22.6 Å². The van der Waals surface area contributed by atoms with Crippen molar-refractivity contribution in [1.82, 2.24) is 15.0 Å². The molecule has 4 rings (SSSR count). The lowest BCUT2D eigenvalue weighted by Gasteiger charge is -2.17. The smallest absolute Gasteiger partial charge is 0.279 e. The van der Waals surface area contributed by atoms with Crippen LogP contribution in [-0.4, -0.2) is 20.9 Å². The molecule has 0 bridgehead atoms. The van der Waals surface area contributed by atoms with Gasteiger partial charge in [-0.1, -0.05) is 30.3 Å². The monoisotopic (exact) mass is 368 g/mol. The van der Waals surface area contributed by atoms with Crippen molar-refractivity contribution < 1.29 is 4.79 Å². The van der Waals surface area contributed by atoms with Gasteiger partial charge in [-0.25, -0.2) is 0 Å². The van der Waals surface area contributed by atoms with Crippen LogP contribution in [0.3, 0.4) is 0 Å². The highest BCUT2D eigenvalue weighted by molar-refractivity contribution is 7.18. The van der Waals surface area contributed by atoms with Gasteiger partial charge in [-0.3, -0.25) is 9.59 Å². The first kappa shape index (κ1) is 16.9. The highest BCUT2D eigenvalue weighted by atomic mass is 32.1. The number of thiophene rings is 1. The second-order valence-electron chi connectivity index (χ2n) is 6.90. The number of benzene rings is 1. The summed E-state index contributed by atoms with van der Waals surface area (Å²) in [6.45, 7) is 3.90. The molecule has 7 heteroatoms. The van der Waals surface area contributed by atoms with Gasteiger partial charge in [0.15, 0.2) is 4.83 Å². The van der Waals surface area contributed by atoms with Gasteiger partial charge in [0.1, 0.15) is 6.04 Å². The molecule has 6 nitrogen and oxygen atoms in total. The van der Waals surface area contributed by atoms with E-state index in [-0.39, 0.29) is 11.5 Å². The molecule has 0 fully saturated rings. The number of nitrogens with zero attached hydrogens (tertiary/aromatic N) is 3. The average molecular weight is 368 g/mol. The van der Waals surface area contributed by atoms with E-state index in [4.69, 9.17) is 0 Å².